The Kier molecular flexibility index (Phi) is 5.33. The third-order valence-electron chi connectivity index (χ3n) is 3.88. The van der Waals surface area contributed by atoms with Gasteiger partial charge in [0.1, 0.15) is 11.9 Å². The number of aromatic nitrogens is 2. The van der Waals surface area contributed by atoms with E-state index in [1.807, 2.05) is 0 Å². The van der Waals surface area contributed by atoms with Crippen LogP contribution in [0.4, 0.5) is 4.39 Å². The number of benzene rings is 1. The van der Waals surface area contributed by atoms with Crippen molar-refractivity contribution in [2.45, 2.75) is 26.3 Å². The van der Waals surface area contributed by atoms with Gasteiger partial charge in [0, 0.05) is 19.2 Å². The number of halogens is 1. The first-order valence-corrected chi connectivity index (χ1v) is 7.46. The molecule has 0 aliphatic heterocycles. The second-order valence-electron chi connectivity index (χ2n) is 5.55. The van der Waals surface area contributed by atoms with Crippen molar-refractivity contribution in [2.24, 2.45) is 7.05 Å². The highest BCUT2D eigenvalue weighted by molar-refractivity contribution is 5.98. The maximum absolute atomic E-state index is 13.0. The Morgan fingerprint density at radius 2 is 1.92 bits per heavy atom. The molecule has 6 nitrogen and oxygen atoms in total. The van der Waals surface area contributed by atoms with Crippen molar-refractivity contribution in [3.63, 3.8) is 0 Å². The lowest BCUT2D eigenvalue weighted by atomic mass is 10.0. The standard InChI is InChI=1S/C17H20FN3O3/c1-10-15(11(2)21(3)20-10)16(22)19-14(17(23)24-4)9-12-5-7-13(18)8-6-12/h5-8,14H,9H2,1-4H3,(H,19,22)/t14-/m1/s1. The van der Waals surface area contributed by atoms with Gasteiger partial charge in [-0.15, -0.1) is 0 Å². The lowest BCUT2D eigenvalue weighted by Gasteiger charge is -2.17. The number of amides is 1. The average Bonchev–Trinajstić information content (AvgIpc) is 2.80. The Bertz CT molecular complexity index is 753. The van der Waals surface area contributed by atoms with E-state index < -0.39 is 17.9 Å². The number of aryl methyl sites for hydroxylation is 2. The molecule has 1 heterocycles. The van der Waals surface area contributed by atoms with Crippen molar-refractivity contribution < 1.29 is 18.7 Å². The molecule has 7 heteroatoms. The number of carbonyl (C=O) groups is 2. The summed E-state index contributed by atoms with van der Waals surface area (Å²) in [7, 11) is 3.00. The van der Waals surface area contributed by atoms with E-state index >= 15 is 0 Å². The number of rotatable bonds is 5. The summed E-state index contributed by atoms with van der Waals surface area (Å²) < 4.78 is 19.4. The van der Waals surface area contributed by atoms with Crippen LogP contribution in [0.5, 0.6) is 0 Å². The Hall–Kier alpha value is -2.70. The molecule has 1 amide bonds. The molecule has 0 aliphatic carbocycles. The van der Waals surface area contributed by atoms with E-state index in [0.717, 1.165) is 0 Å². The fraction of sp³-hybridized carbons (Fsp3) is 0.353. The van der Waals surface area contributed by atoms with Gasteiger partial charge in [0.05, 0.1) is 18.4 Å². The first-order chi connectivity index (χ1) is 11.3. The number of hydrogen-bond acceptors (Lipinski definition) is 4. The molecule has 0 saturated heterocycles. The monoisotopic (exact) mass is 333 g/mol. The molecule has 2 aromatic rings. The zero-order chi connectivity index (χ0) is 17.9. The fourth-order valence-electron chi connectivity index (χ4n) is 2.52. The van der Waals surface area contributed by atoms with Crippen LogP contribution >= 0.6 is 0 Å². The predicted octanol–water partition coefficient (Wildman–Crippen LogP) is 1.69. The smallest absolute Gasteiger partial charge is 0.328 e. The molecule has 128 valence electrons. The van der Waals surface area contributed by atoms with Crippen molar-refractivity contribution in [3.8, 4) is 0 Å². The largest absolute Gasteiger partial charge is 0.467 e. The summed E-state index contributed by atoms with van der Waals surface area (Å²) in [5.74, 6) is -1.32. The van der Waals surface area contributed by atoms with Crippen molar-refractivity contribution in [2.75, 3.05) is 7.11 Å². The minimum atomic E-state index is -0.869. The molecule has 1 atom stereocenters. The zero-order valence-electron chi connectivity index (χ0n) is 14.1. The second kappa shape index (κ2) is 7.25. The maximum atomic E-state index is 13.0. The van der Waals surface area contributed by atoms with Crippen LogP contribution in [-0.2, 0) is 23.0 Å². The molecule has 1 aromatic heterocycles. The quantitative estimate of drug-likeness (QED) is 0.845. The van der Waals surface area contributed by atoms with E-state index in [4.69, 9.17) is 4.74 Å². The van der Waals surface area contributed by atoms with Gasteiger partial charge in [-0.25, -0.2) is 9.18 Å². The van der Waals surface area contributed by atoms with E-state index in [-0.39, 0.29) is 12.2 Å². The predicted molar refractivity (Wildman–Crippen MR) is 86.1 cm³/mol. The number of esters is 1. The van der Waals surface area contributed by atoms with E-state index in [9.17, 15) is 14.0 Å². The minimum Gasteiger partial charge on any atom is -0.467 e. The number of hydrogen-bond donors (Lipinski definition) is 1. The summed E-state index contributed by atoms with van der Waals surface area (Å²) in [5, 5.41) is 6.88. The topological polar surface area (TPSA) is 73.2 Å². The summed E-state index contributed by atoms with van der Waals surface area (Å²) in [5.41, 5.74) is 2.44. The van der Waals surface area contributed by atoms with Gasteiger partial charge in [0.15, 0.2) is 0 Å². The van der Waals surface area contributed by atoms with Crippen LogP contribution in [0.1, 0.15) is 27.3 Å². The van der Waals surface area contributed by atoms with Gasteiger partial charge in [0.2, 0.25) is 0 Å². The number of nitrogens with zero attached hydrogens (tertiary/aromatic N) is 2. The highest BCUT2D eigenvalue weighted by atomic mass is 19.1. The van der Waals surface area contributed by atoms with Gasteiger partial charge in [0.25, 0.3) is 5.91 Å². The second-order valence-corrected chi connectivity index (χ2v) is 5.55. The van der Waals surface area contributed by atoms with Gasteiger partial charge in [-0.05, 0) is 31.5 Å². The van der Waals surface area contributed by atoms with Crippen LogP contribution in [-0.4, -0.2) is 34.8 Å². The van der Waals surface area contributed by atoms with Crippen LogP contribution in [0.2, 0.25) is 0 Å². The number of methoxy groups -OCH3 is 1. The SMILES string of the molecule is COC(=O)[C@@H](Cc1ccc(F)cc1)NC(=O)c1c(C)nn(C)c1C. The van der Waals surface area contributed by atoms with Crippen LogP contribution in [0.25, 0.3) is 0 Å². The van der Waals surface area contributed by atoms with E-state index in [1.54, 1.807) is 37.7 Å². The Morgan fingerprint density at radius 3 is 2.42 bits per heavy atom. The van der Waals surface area contributed by atoms with Crippen LogP contribution in [0, 0.1) is 19.7 Å². The highest BCUT2D eigenvalue weighted by Gasteiger charge is 2.25. The lowest BCUT2D eigenvalue weighted by molar-refractivity contribution is -0.142. The molecule has 0 spiro atoms. The van der Waals surface area contributed by atoms with E-state index in [1.165, 1.54) is 19.2 Å². The summed E-state index contributed by atoms with van der Waals surface area (Å²) in [6.07, 6.45) is 0.205. The molecule has 0 bridgehead atoms. The molecular weight excluding hydrogens is 313 g/mol. The Morgan fingerprint density at radius 1 is 1.29 bits per heavy atom. The molecule has 0 unspecified atom stereocenters. The third kappa shape index (κ3) is 3.79. The summed E-state index contributed by atoms with van der Waals surface area (Å²) >= 11 is 0. The normalized spacial score (nSPS) is 11.9. The summed E-state index contributed by atoms with van der Waals surface area (Å²) in [6.45, 7) is 3.51. The molecule has 0 radical (unpaired) electrons. The van der Waals surface area contributed by atoms with Gasteiger partial charge in [-0.2, -0.15) is 5.10 Å². The Balaban J connectivity index is 2.21. The van der Waals surface area contributed by atoms with E-state index in [0.29, 0.717) is 22.5 Å². The maximum Gasteiger partial charge on any atom is 0.328 e. The first-order valence-electron chi connectivity index (χ1n) is 7.46. The highest BCUT2D eigenvalue weighted by Crippen LogP contribution is 2.13. The molecule has 2 rings (SSSR count). The molecule has 0 aliphatic rings. The van der Waals surface area contributed by atoms with Crippen molar-refractivity contribution in [3.05, 3.63) is 52.6 Å². The van der Waals surface area contributed by atoms with Crippen molar-refractivity contribution >= 4 is 11.9 Å². The number of ether oxygens (including phenoxy) is 1. The number of carbonyl (C=O) groups excluding carboxylic acids is 2. The molecule has 0 saturated carbocycles. The Labute approximate surface area is 139 Å². The summed E-state index contributed by atoms with van der Waals surface area (Å²) in [6, 6.07) is 4.88. The molecule has 1 N–H and O–H groups in total. The first kappa shape index (κ1) is 17.7. The molecule has 0 fully saturated rings. The summed E-state index contributed by atoms with van der Waals surface area (Å²) in [4.78, 5) is 24.5. The number of nitrogens with one attached hydrogen (secondary N) is 1. The van der Waals surface area contributed by atoms with E-state index in [2.05, 4.69) is 10.4 Å². The lowest BCUT2D eigenvalue weighted by Crippen LogP contribution is -2.43. The van der Waals surface area contributed by atoms with Gasteiger partial charge in [-0.1, -0.05) is 12.1 Å². The van der Waals surface area contributed by atoms with Gasteiger partial charge >= 0.3 is 5.97 Å². The van der Waals surface area contributed by atoms with Crippen LogP contribution in [0.15, 0.2) is 24.3 Å². The van der Waals surface area contributed by atoms with Gasteiger partial charge < -0.3 is 10.1 Å². The molecule has 24 heavy (non-hydrogen) atoms. The van der Waals surface area contributed by atoms with Crippen LogP contribution < -0.4 is 5.32 Å². The third-order valence-corrected chi connectivity index (χ3v) is 3.88. The molecule has 1 aromatic carbocycles. The molecular formula is C17H20FN3O3. The zero-order valence-corrected chi connectivity index (χ0v) is 14.1. The minimum absolute atomic E-state index is 0.205. The van der Waals surface area contributed by atoms with Gasteiger partial charge in [-0.3, -0.25) is 9.48 Å². The van der Waals surface area contributed by atoms with Crippen molar-refractivity contribution in [1.29, 1.82) is 0 Å². The average molecular weight is 333 g/mol. The fourth-order valence-corrected chi connectivity index (χ4v) is 2.52. The van der Waals surface area contributed by atoms with Crippen LogP contribution in [0.3, 0.4) is 0 Å². The van der Waals surface area contributed by atoms with Crippen molar-refractivity contribution in [1.82, 2.24) is 15.1 Å².